The van der Waals surface area contributed by atoms with E-state index in [1.165, 1.54) is 6.42 Å². The highest BCUT2D eigenvalue weighted by atomic mass is 15.1. The lowest BCUT2D eigenvalue weighted by Gasteiger charge is -2.42. The van der Waals surface area contributed by atoms with Gasteiger partial charge in [-0.3, -0.25) is 0 Å². The van der Waals surface area contributed by atoms with Crippen molar-refractivity contribution in [2.45, 2.75) is 26.7 Å². The van der Waals surface area contributed by atoms with Crippen LogP contribution in [-0.2, 0) is 0 Å². The highest BCUT2D eigenvalue weighted by Gasteiger charge is 2.35. The normalized spacial score (nSPS) is 37.7. The molecule has 0 aromatic heterocycles. The van der Waals surface area contributed by atoms with Gasteiger partial charge in [-0.2, -0.15) is 0 Å². The van der Waals surface area contributed by atoms with Crippen LogP contribution in [0.25, 0.3) is 0 Å². The fraction of sp³-hybridized carbons (Fsp3) is 0.818. The van der Waals surface area contributed by atoms with Crippen LogP contribution in [0.3, 0.4) is 0 Å². The van der Waals surface area contributed by atoms with Crippen LogP contribution in [0, 0.1) is 23.7 Å². The number of piperidine rings is 1. The van der Waals surface area contributed by atoms with E-state index in [1.807, 2.05) is 0 Å². The summed E-state index contributed by atoms with van der Waals surface area (Å²) in [7, 11) is 2.18. The van der Waals surface area contributed by atoms with Gasteiger partial charge >= 0.3 is 0 Å². The zero-order valence-corrected chi connectivity index (χ0v) is 8.43. The highest BCUT2D eigenvalue weighted by molar-refractivity contribution is 5.04. The number of nitrogens with zero attached hydrogens (tertiary/aromatic N) is 1. The van der Waals surface area contributed by atoms with Gasteiger partial charge in [0.2, 0.25) is 0 Å². The van der Waals surface area contributed by atoms with Gasteiger partial charge in [0, 0.05) is 12.5 Å². The van der Waals surface area contributed by atoms with Crippen molar-refractivity contribution in [2.24, 2.45) is 11.3 Å². The van der Waals surface area contributed by atoms with E-state index in [9.17, 15) is 0 Å². The maximum atomic E-state index is 5.53. The van der Waals surface area contributed by atoms with Crippen molar-refractivity contribution in [3.05, 3.63) is 0 Å². The van der Waals surface area contributed by atoms with Gasteiger partial charge < -0.3 is 4.90 Å². The molecule has 0 unspecified atom stereocenters. The molecule has 2 atom stereocenters. The Kier molecular flexibility index (Phi) is 2.80. The van der Waals surface area contributed by atoms with Gasteiger partial charge in [-0.15, -0.1) is 12.3 Å². The van der Waals surface area contributed by atoms with Crippen LogP contribution >= 0.6 is 0 Å². The Balaban J connectivity index is 2.72. The summed E-state index contributed by atoms with van der Waals surface area (Å²) in [6.07, 6.45) is 7.88. The molecule has 1 aliphatic heterocycles. The van der Waals surface area contributed by atoms with E-state index in [0.29, 0.717) is 11.3 Å². The summed E-state index contributed by atoms with van der Waals surface area (Å²) in [5.41, 5.74) is 0.349. The third-order valence-corrected chi connectivity index (χ3v) is 3.28. The summed E-state index contributed by atoms with van der Waals surface area (Å²) in [6, 6.07) is 0. The second-order valence-corrected chi connectivity index (χ2v) is 4.25. The predicted octanol–water partition coefficient (Wildman–Crippen LogP) is 1.99. The molecule has 0 N–H and O–H groups in total. The molecule has 1 rings (SSSR count). The van der Waals surface area contributed by atoms with Crippen molar-refractivity contribution < 1.29 is 0 Å². The molecule has 1 heterocycles. The van der Waals surface area contributed by atoms with E-state index in [4.69, 9.17) is 6.42 Å². The van der Waals surface area contributed by atoms with E-state index >= 15 is 0 Å². The van der Waals surface area contributed by atoms with Gasteiger partial charge in [0.15, 0.2) is 0 Å². The molecule has 1 aliphatic rings. The highest BCUT2D eigenvalue weighted by Crippen LogP contribution is 2.37. The van der Waals surface area contributed by atoms with Crippen LogP contribution in [-0.4, -0.2) is 25.0 Å². The Morgan fingerprint density at radius 1 is 1.67 bits per heavy atom. The summed E-state index contributed by atoms with van der Waals surface area (Å²) >= 11 is 0. The van der Waals surface area contributed by atoms with Crippen LogP contribution in [0.4, 0.5) is 0 Å². The summed E-state index contributed by atoms with van der Waals surface area (Å²) in [5, 5.41) is 0. The van der Waals surface area contributed by atoms with E-state index in [2.05, 4.69) is 31.7 Å². The van der Waals surface area contributed by atoms with E-state index in [-0.39, 0.29) is 0 Å². The molecule has 12 heavy (non-hydrogen) atoms. The number of terminal acetylenes is 1. The molecule has 0 radical (unpaired) electrons. The molecule has 0 amide bonds. The third-order valence-electron chi connectivity index (χ3n) is 3.28. The molecule has 1 fully saturated rings. The molecule has 1 heteroatoms. The molecule has 0 aromatic rings. The van der Waals surface area contributed by atoms with Crippen molar-refractivity contribution >= 4 is 0 Å². The fourth-order valence-electron chi connectivity index (χ4n) is 2.15. The second kappa shape index (κ2) is 3.49. The van der Waals surface area contributed by atoms with Crippen molar-refractivity contribution in [3.63, 3.8) is 0 Å². The summed E-state index contributed by atoms with van der Waals surface area (Å²) in [4.78, 5) is 2.39. The summed E-state index contributed by atoms with van der Waals surface area (Å²) < 4.78 is 0. The molecular formula is C11H19N. The van der Waals surface area contributed by atoms with Gasteiger partial charge in [-0.25, -0.2) is 0 Å². The minimum Gasteiger partial charge on any atom is -0.306 e. The van der Waals surface area contributed by atoms with Crippen LogP contribution in [0.2, 0.25) is 0 Å². The molecular weight excluding hydrogens is 146 g/mol. The average molecular weight is 165 g/mol. The lowest BCUT2D eigenvalue weighted by Crippen LogP contribution is -2.44. The fourth-order valence-corrected chi connectivity index (χ4v) is 2.15. The van der Waals surface area contributed by atoms with E-state index in [1.54, 1.807) is 0 Å². The Labute approximate surface area is 76.1 Å². The van der Waals surface area contributed by atoms with Gasteiger partial charge in [0.1, 0.15) is 0 Å². The van der Waals surface area contributed by atoms with Crippen LogP contribution in [0.15, 0.2) is 0 Å². The Hall–Kier alpha value is -0.480. The lowest BCUT2D eigenvalue weighted by molar-refractivity contribution is 0.0830. The Morgan fingerprint density at radius 3 is 2.83 bits per heavy atom. The Bertz CT molecular complexity index is 192. The van der Waals surface area contributed by atoms with E-state index in [0.717, 1.165) is 19.5 Å². The zero-order chi connectivity index (χ0) is 9.19. The smallest absolute Gasteiger partial charge is 0.0278 e. The third kappa shape index (κ3) is 1.64. The first-order valence-corrected chi connectivity index (χ1v) is 4.77. The minimum atomic E-state index is 0.349. The van der Waals surface area contributed by atoms with Gasteiger partial charge in [0.05, 0.1) is 0 Å². The SMILES string of the molecule is C#C[C@@H]1CCN(C)C[C@@]1(C)CC. The van der Waals surface area contributed by atoms with Crippen molar-refractivity contribution in [1.82, 2.24) is 4.90 Å². The zero-order valence-electron chi connectivity index (χ0n) is 8.43. The van der Waals surface area contributed by atoms with Crippen molar-refractivity contribution in [3.8, 4) is 12.3 Å². The maximum absolute atomic E-state index is 5.53. The molecule has 0 aromatic carbocycles. The Morgan fingerprint density at radius 2 is 2.33 bits per heavy atom. The quantitative estimate of drug-likeness (QED) is 0.537. The first kappa shape index (κ1) is 9.61. The monoisotopic (exact) mass is 165 g/mol. The number of likely N-dealkylation sites (tertiary alicyclic amines) is 1. The average Bonchev–Trinajstić information content (AvgIpc) is 2.05. The molecule has 1 nitrogen and oxygen atoms in total. The summed E-state index contributed by atoms with van der Waals surface area (Å²) in [6.45, 7) is 6.86. The first-order chi connectivity index (χ1) is 5.62. The van der Waals surface area contributed by atoms with Gasteiger partial charge in [0.25, 0.3) is 0 Å². The lowest BCUT2D eigenvalue weighted by atomic mass is 9.71. The second-order valence-electron chi connectivity index (χ2n) is 4.25. The molecule has 0 bridgehead atoms. The largest absolute Gasteiger partial charge is 0.306 e. The van der Waals surface area contributed by atoms with Crippen LogP contribution < -0.4 is 0 Å². The molecule has 0 spiro atoms. The molecule has 0 saturated carbocycles. The standard InChI is InChI=1S/C11H19N/c1-5-10-7-8-12(4)9-11(10,3)6-2/h1,10H,6-9H2,2-4H3/t10-,11-/m1/s1. The number of hydrogen-bond donors (Lipinski definition) is 0. The number of rotatable bonds is 1. The van der Waals surface area contributed by atoms with E-state index < -0.39 is 0 Å². The predicted molar refractivity (Wildman–Crippen MR) is 52.8 cm³/mol. The van der Waals surface area contributed by atoms with Crippen LogP contribution in [0.5, 0.6) is 0 Å². The molecule has 68 valence electrons. The van der Waals surface area contributed by atoms with Crippen molar-refractivity contribution in [2.75, 3.05) is 20.1 Å². The number of hydrogen-bond acceptors (Lipinski definition) is 1. The summed E-state index contributed by atoms with van der Waals surface area (Å²) in [5.74, 6) is 3.42. The van der Waals surface area contributed by atoms with Crippen LogP contribution in [0.1, 0.15) is 26.7 Å². The van der Waals surface area contributed by atoms with Gasteiger partial charge in [-0.05, 0) is 31.8 Å². The maximum Gasteiger partial charge on any atom is 0.0278 e. The molecule has 0 aliphatic carbocycles. The molecule has 1 saturated heterocycles. The first-order valence-electron chi connectivity index (χ1n) is 4.77. The van der Waals surface area contributed by atoms with Crippen molar-refractivity contribution in [1.29, 1.82) is 0 Å². The minimum absolute atomic E-state index is 0.349. The topological polar surface area (TPSA) is 3.24 Å². The van der Waals surface area contributed by atoms with Gasteiger partial charge in [-0.1, -0.05) is 13.8 Å².